The highest BCUT2D eigenvalue weighted by atomic mass is 16.5. The van der Waals surface area contributed by atoms with Crippen LogP contribution in [0.1, 0.15) is 47.9 Å². The number of benzene rings is 2. The fourth-order valence-corrected chi connectivity index (χ4v) is 4.32. The van der Waals surface area contributed by atoms with Gasteiger partial charge in [0.05, 0.1) is 11.7 Å². The minimum absolute atomic E-state index is 0.0752. The van der Waals surface area contributed by atoms with Crippen LogP contribution in [0.2, 0.25) is 0 Å². The maximum Gasteiger partial charge on any atom is 0.257 e. The van der Waals surface area contributed by atoms with E-state index in [0.29, 0.717) is 35.7 Å². The molecule has 0 aliphatic carbocycles. The third-order valence-electron chi connectivity index (χ3n) is 6.38. The predicted molar refractivity (Wildman–Crippen MR) is 135 cm³/mol. The van der Waals surface area contributed by atoms with Crippen LogP contribution in [-0.4, -0.2) is 74.2 Å². The standard InChI is InChI=1S/C27H37N3O4/c1-6-14-30-16-19(2)25(33-5)17-29(4)27(32)23-13-12-22(15-24(23)34-18-20(30)3)28-26(31)21-10-8-7-9-11-21/h7-13,15,19-20,25H,6,14,16-18H2,1-5H3,(H,28,31)/t19-,20+,25+/m0/s1. The van der Waals surface area contributed by atoms with Crippen molar-refractivity contribution >= 4 is 17.5 Å². The van der Waals surface area contributed by atoms with Crippen molar-refractivity contribution in [1.29, 1.82) is 0 Å². The fraction of sp³-hybridized carbons (Fsp3) is 0.481. The van der Waals surface area contributed by atoms with Crippen LogP contribution in [-0.2, 0) is 4.74 Å². The summed E-state index contributed by atoms with van der Waals surface area (Å²) in [5.74, 6) is 0.373. The highest BCUT2D eigenvalue weighted by Crippen LogP contribution is 2.27. The number of anilines is 1. The summed E-state index contributed by atoms with van der Waals surface area (Å²) in [6, 6.07) is 14.4. The van der Waals surface area contributed by atoms with Gasteiger partial charge in [-0.1, -0.05) is 32.0 Å². The minimum atomic E-state index is -0.212. The van der Waals surface area contributed by atoms with Gasteiger partial charge in [-0.25, -0.2) is 0 Å². The van der Waals surface area contributed by atoms with Gasteiger partial charge in [-0.15, -0.1) is 0 Å². The van der Waals surface area contributed by atoms with E-state index < -0.39 is 0 Å². The Morgan fingerprint density at radius 3 is 2.56 bits per heavy atom. The average Bonchev–Trinajstić information content (AvgIpc) is 2.84. The number of nitrogens with one attached hydrogen (secondary N) is 1. The number of carbonyl (C=O) groups excluding carboxylic acids is 2. The van der Waals surface area contributed by atoms with Crippen molar-refractivity contribution in [3.8, 4) is 5.75 Å². The first-order valence-electron chi connectivity index (χ1n) is 12.0. The molecule has 2 aromatic carbocycles. The Labute approximate surface area is 203 Å². The summed E-state index contributed by atoms with van der Waals surface area (Å²) in [6.07, 6.45) is 0.966. The molecule has 0 fully saturated rings. The highest BCUT2D eigenvalue weighted by molar-refractivity contribution is 6.05. The van der Waals surface area contributed by atoms with Gasteiger partial charge in [0.15, 0.2) is 0 Å². The lowest BCUT2D eigenvalue weighted by Gasteiger charge is -2.35. The topological polar surface area (TPSA) is 71.1 Å². The highest BCUT2D eigenvalue weighted by Gasteiger charge is 2.28. The summed E-state index contributed by atoms with van der Waals surface area (Å²) in [7, 11) is 3.49. The van der Waals surface area contributed by atoms with Gasteiger partial charge in [0.1, 0.15) is 12.4 Å². The van der Waals surface area contributed by atoms with Crippen molar-refractivity contribution in [2.75, 3.05) is 45.7 Å². The Morgan fingerprint density at radius 2 is 1.88 bits per heavy atom. The van der Waals surface area contributed by atoms with E-state index in [2.05, 4.69) is 31.0 Å². The predicted octanol–water partition coefficient (Wildman–Crippen LogP) is 4.15. The molecule has 3 rings (SSSR count). The van der Waals surface area contributed by atoms with E-state index >= 15 is 0 Å². The van der Waals surface area contributed by atoms with Gasteiger partial charge < -0.3 is 19.7 Å². The van der Waals surface area contributed by atoms with Gasteiger partial charge in [0.25, 0.3) is 11.8 Å². The molecule has 1 aliphatic rings. The van der Waals surface area contributed by atoms with Crippen molar-refractivity contribution in [2.24, 2.45) is 5.92 Å². The van der Waals surface area contributed by atoms with Crippen LogP contribution in [0.3, 0.4) is 0 Å². The van der Waals surface area contributed by atoms with Crippen LogP contribution in [0.15, 0.2) is 48.5 Å². The number of likely N-dealkylation sites (N-methyl/N-ethyl adjacent to an activating group) is 1. The molecule has 1 heterocycles. The Hall–Kier alpha value is -2.90. The molecule has 0 spiro atoms. The van der Waals surface area contributed by atoms with E-state index in [1.807, 2.05) is 18.2 Å². The van der Waals surface area contributed by atoms with Gasteiger partial charge >= 0.3 is 0 Å². The maximum absolute atomic E-state index is 13.3. The van der Waals surface area contributed by atoms with E-state index in [4.69, 9.17) is 9.47 Å². The molecule has 0 bridgehead atoms. The van der Waals surface area contributed by atoms with Crippen molar-refractivity contribution in [1.82, 2.24) is 9.80 Å². The van der Waals surface area contributed by atoms with Crippen molar-refractivity contribution in [3.05, 3.63) is 59.7 Å². The van der Waals surface area contributed by atoms with Gasteiger partial charge in [-0.05, 0) is 50.1 Å². The molecule has 1 N–H and O–H groups in total. The molecule has 2 aromatic rings. The van der Waals surface area contributed by atoms with Gasteiger partial charge in [-0.2, -0.15) is 0 Å². The first-order valence-corrected chi connectivity index (χ1v) is 12.0. The van der Waals surface area contributed by atoms with E-state index in [0.717, 1.165) is 19.5 Å². The number of nitrogens with zero attached hydrogens (tertiary/aromatic N) is 2. The number of rotatable bonds is 5. The Morgan fingerprint density at radius 1 is 1.15 bits per heavy atom. The molecule has 0 unspecified atom stereocenters. The van der Waals surface area contributed by atoms with Crippen molar-refractivity contribution in [2.45, 2.75) is 39.3 Å². The number of hydrogen-bond donors (Lipinski definition) is 1. The number of fused-ring (bicyclic) bond motifs is 1. The van der Waals surface area contributed by atoms with E-state index in [-0.39, 0.29) is 29.9 Å². The third-order valence-corrected chi connectivity index (χ3v) is 6.38. The number of amides is 2. The molecule has 2 amide bonds. The molecular formula is C27H37N3O4. The maximum atomic E-state index is 13.3. The molecular weight excluding hydrogens is 430 g/mol. The largest absolute Gasteiger partial charge is 0.491 e. The summed E-state index contributed by atoms with van der Waals surface area (Å²) in [5.41, 5.74) is 1.62. The first kappa shape index (κ1) is 25.7. The van der Waals surface area contributed by atoms with Crippen LogP contribution < -0.4 is 10.1 Å². The second kappa shape index (κ2) is 12.0. The summed E-state index contributed by atoms with van der Waals surface area (Å²) in [4.78, 5) is 30.0. The van der Waals surface area contributed by atoms with Gasteiger partial charge in [0.2, 0.25) is 0 Å². The van der Waals surface area contributed by atoms with Crippen molar-refractivity contribution < 1.29 is 19.1 Å². The van der Waals surface area contributed by atoms with E-state index in [9.17, 15) is 9.59 Å². The SMILES string of the molecule is CCCN1C[C@H](C)[C@H](OC)CN(C)C(=O)c2ccc(NC(=O)c3ccccc3)cc2OC[C@H]1C. The number of methoxy groups -OCH3 is 1. The number of ether oxygens (including phenoxy) is 2. The number of carbonyl (C=O) groups is 2. The minimum Gasteiger partial charge on any atom is -0.491 e. The van der Waals surface area contributed by atoms with Gasteiger partial charge in [-0.3, -0.25) is 14.5 Å². The quantitative estimate of drug-likeness (QED) is 0.715. The van der Waals surface area contributed by atoms with Gasteiger partial charge in [0, 0.05) is 50.6 Å². The summed E-state index contributed by atoms with van der Waals surface area (Å²) >= 11 is 0. The molecule has 0 radical (unpaired) electrons. The average molecular weight is 468 g/mol. The Bertz CT molecular complexity index is 966. The fourth-order valence-electron chi connectivity index (χ4n) is 4.32. The van der Waals surface area contributed by atoms with Crippen LogP contribution in [0, 0.1) is 5.92 Å². The van der Waals surface area contributed by atoms with Crippen LogP contribution in [0.5, 0.6) is 5.75 Å². The molecule has 7 heteroatoms. The molecule has 34 heavy (non-hydrogen) atoms. The van der Waals surface area contributed by atoms with E-state index in [1.165, 1.54) is 0 Å². The lowest BCUT2D eigenvalue weighted by Crippen LogP contribution is -2.46. The molecule has 1 aliphatic heterocycles. The first-order chi connectivity index (χ1) is 16.3. The molecule has 3 atom stereocenters. The molecule has 0 aromatic heterocycles. The summed E-state index contributed by atoms with van der Waals surface area (Å²) in [6.45, 7) is 9.22. The molecule has 184 valence electrons. The number of hydrogen-bond acceptors (Lipinski definition) is 5. The second-order valence-electron chi connectivity index (χ2n) is 9.12. The Kier molecular flexibility index (Phi) is 9.07. The molecule has 0 saturated carbocycles. The van der Waals surface area contributed by atoms with Crippen LogP contribution in [0.25, 0.3) is 0 Å². The normalized spacial score (nSPS) is 22.2. The molecule has 7 nitrogen and oxygen atoms in total. The smallest absolute Gasteiger partial charge is 0.257 e. The zero-order valence-electron chi connectivity index (χ0n) is 20.9. The Balaban J connectivity index is 1.91. The van der Waals surface area contributed by atoms with Crippen LogP contribution >= 0.6 is 0 Å². The monoisotopic (exact) mass is 467 g/mol. The summed E-state index contributed by atoms with van der Waals surface area (Å²) in [5, 5.41) is 2.91. The lowest BCUT2D eigenvalue weighted by molar-refractivity contribution is 0.0108. The van der Waals surface area contributed by atoms with E-state index in [1.54, 1.807) is 49.4 Å². The lowest BCUT2D eigenvalue weighted by atomic mass is 10.0. The zero-order valence-corrected chi connectivity index (χ0v) is 20.9. The van der Waals surface area contributed by atoms with Crippen molar-refractivity contribution in [3.63, 3.8) is 0 Å². The molecule has 0 saturated heterocycles. The third kappa shape index (κ3) is 6.36. The zero-order chi connectivity index (χ0) is 24.7. The second-order valence-corrected chi connectivity index (χ2v) is 9.12. The summed E-state index contributed by atoms with van der Waals surface area (Å²) < 4.78 is 12.0. The van der Waals surface area contributed by atoms with Crippen LogP contribution in [0.4, 0.5) is 5.69 Å².